The Morgan fingerprint density at radius 1 is 1.80 bits per heavy atom. The Balaban J connectivity index is 2.46. The van der Waals surface area contributed by atoms with Crippen molar-refractivity contribution in [3.63, 3.8) is 0 Å². The van der Waals surface area contributed by atoms with Crippen molar-refractivity contribution in [2.75, 3.05) is 18.9 Å². The van der Waals surface area contributed by atoms with Gasteiger partial charge in [-0.25, -0.2) is 0 Å². The molecule has 2 N–H and O–H groups in total. The topological polar surface area (TPSA) is 116 Å². The van der Waals surface area contributed by atoms with Crippen molar-refractivity contribution in [2.24, 2.45) is 5.73 Å². The Bertz CT molecular complexity index is 296. The normalized spacial score (nSPS) is 20.4. The van der Waals surface area contributed by atoms with Crippen molar-refractivity contribution in [3.05, 3.63) is 10.1 Å². The molecule has 0 aromatic rings. The molecule has 8 nitrogen and oxygen atoms in total. The summed E-state index contributed by atoms with van der Waals surface area (Å²) in [6.45, 7) is -0.274. The molecule has 0 spiro atoms. The van der Waals surface area contributed by atoms with Gasteiger partial charge < -0.3 is 15.5 Å². The Morgan fingerprint density at radius 2 is 2.47 bits per heavy atom. The molecule has 1 atom stereocenters. The van der Waals surface area contributed by atoms with E-state index in [0.717, 1.165) is 11.8 Å². The van der Waals surface area contributed by atoms with Gasteiger partial charge in [0.1, 0.15) is 12.6 Å². The molecule has 1 aliphatic heterocycles. The third-order valence-corrected chi connectivity index (χ3v) is 2.80. The lowest BCUT2D eigenvalue weighted by atomic mass is 10.3. The molecule has 1 aliphatic rings. The number of nitrogens with two attached hydrogens (primary N) is 1. The van der Waals surface area contributed by atoms with E-state index < -0.39 is 17.0 Å². The Labute approximate surface area is 88.8 Å². The SMILES string of the molecule is NC(=O)[C@H]1CSC(=O)N1CCO[N+](=O)[O-]. The van der Waals surface area contributed by atoms with Gasteiger partial charge >= 0.3 is 0 Å². The van der Waals surface area contributed by atoms with Crippen LogP contribution in [0.5, 0.6) is 0 Å². The quantitative estimate of drug-likeness (QED) is 0.493. The summed E-state index contributed by atoms with van der Waals surface area (Å²) in [4.78, 5) is 37.2. The minimum absolute atomic E-state index is 0.0135. The number of hydrogen-bond donors (Lipinski definition) is 1. The summed E-state index contributed by atoms with van der Waals surface area (Å²) in [7, 11) is 0. The fraction of sp³-hybridized carbons (Fsp3) is 0.667. The number of carbonyl (C=O) groups is 2. The zero-order chi connectivity index (χ0) is 11.4. The molecular weight excluding hydrogens is 226 g/mol. The maximum atomic E-state index is 11.2. The van der Waals surface area contributed by atoms with E-state index in [-0.39, 0.29) is 24.1 Å². The second kappa shape index (κ2) is 4.82. The van der Waals surface area contributed by atoms with Crippen LogP contribution in [0.1, 0.15) is 0 Å². The lowest BCUT2D eigenvalue weighted by molar-refractivity contribution is -0.757. The Morgan fingerprint density at radius 3 is 3.00 bits per heavy atom. The van der Waals surface area contributed by atoms with Gasteiger partial charge in [0.15, 0.2) is 0 Å². The molecule has 1 fully saturated rings. The lowest BCUT2D eigenvalue weighted by Gasteiger charge is -2.20. The molecule has 0 unspecified atom stereocenters. The molecular formula is C6H9N3O5S. The van der Waals surface area contributed by atoms with Crippen LogP contribution >= 0.6 is 11.8 Å². The molecule has 1 rings (SSSR count). The van der Waals surface area contributed by atoms with Crippen LogP contribution in [0.15, 0.2) is 0 Å². The summed E-state index contributed by atoms with van der Waals surface area (Å²) in [6, 6.07) is -0.696. The van der Waals surface area contributed by atoms with Gasteiger partial charge in [-0.3, -0.25) is 9.59 Å². The van der Waals surface area contributed by atoms with Gasteiger partial charge in [-0.15, -0.1) is 10.1 Å². The van der Waals surface area contributed by atoms with Gasteiger partial charge in [0.05, 0.1) is 0 Å². The molecule has 0 saturated carbocycles. The Kier molecular flexibility index (Phi) is 3.72. The van der Waals surface area contributed by atoms with E-state index in [4.69, 9.17) is 5.73 Å². The van der Waals surface area contributed by atoms with E-state index in [9.17, 15) is 19.7 Å². The molecule has 1 heterocycles. The molecule has 2 amide bonds. The first-order valence-electron chi connectivity index (χ1n) is 4.02. The van der Waals surface area contributed by atoms with Gasteiger partial charge in [-0.05, 0) is 0 Å². The lowest BCUT2D eigenvalue weighted by Crippen LogP contribution is -2.44. The summed E-state index contributed by atoms with van der Waals surface area (Å²) in [5.41, 5.74) is 5.06. The van der Waals surface area contributed by atoms with Gasteiger partial charge in [0.2, 0.25) is 5.91 Å². The zero-order valence-electron chi connectivity index (χ0n) is 7.62. The fourth-order valence-electron chi connectivity index (χ4n) is 1.15. The van der Waals surface area contributed by atoms with E-state index in [1.807, 2.05) is 0 Å². The highest BCUT2D eigenvalue weighted by Gasteiger charge is 2.35. The van der Waals surface area contributed by atoms with Crippen LogP contribution in [0.2, 0.25) is 0 Å². The van der Waals surface area contributed by atoms with Crippen LogP contribution in [0.4, 0.5) is 4.79 Å². The van der Waals surface area contributed by atoms with Crippen molar-refractivity contribution in [1.29, 1.82) is 0 Å². The predicted molar refractivity (Wildman–Crippen MR) is 50.5 cm³/mol. The highest BCUT2D eigenvalue weighted by atomic mass is 32.2. The highest BCUT2D eigenvalue weighted by molar-refractivity contribution is 8.13. The van der Waals surface area contributed by atoms with Crippen LogP contribution < -0.4 is 5.73 Å². The number of amides is 2. The molecule has 0 radical (unpaired) electrons. The van der Waals surface area contributed by atoms with Crippen molar-refractivity contribution < 1.29 is 19.5 Å². The monoisotopic (exact) mass is 235 g/mol. The van der Waals surface area contributed by atoms with E-state index in [2.05, 4.69) is 4.84 Å². The molecule has 0 bridgehead atoms. The largest absolute Gasteiger partial charge is 0.368 e. The zero-order valence-corrected chi connectivity index (χ0v) is 8.44. The first-order valence-corrected chi connectivity index (χ1v) is 5.01. The van der Waals surface area contributed by atoms with Crippen LogP contribution in [0.3, 0.4) is 0 Å². The van der Waals surface area contributed by atoms with E-state index >= 15 is 0 Å². The number of primary amides is 1. The van der Waals surface area contributed by atoms with Crippen molar-refractivity contribution in [2.45, 2.75) is 6.04 Å². The summed E-state index contributed by atoms with van der Waals surface area (Å²) < 4.78 is 0. The maximum Gasteiger partial charge on any atom is 0.294 e. The molecule has 1 saturated heterocycles. The van der Waals surface area contributed by atoms with Crippen molar-refractivity contribution >= 4 is 22.9 Å². The predicted octanol–water partition coefficient (Wildman–Crippen LogP) is -0.783. The summed E-state index contributed by atoms with van der Waals surface area (Å²) >= 11 is 0.961. The number of nitrogens with zero attached hydrogens (tertiary/aromatic N) is 2. The van der Waals surface area contributed by atoms with Crippen LogP contribution in [-0.4, -0.2) is 46.1 Å². The number of rotatable bonds is 5. The minimum atomic E-state index is -0.951. The molecule has 15 heavy (non-hydrogen) atoms. The molecule has 0 aliphatic carbocycles. The molecule has 84 valence electrons. The minimum Gasteiger partial charge on any atom is -0.368 e. The fourth-order valence-corrected chi connectivity index (χ4v) is 2.18. The second-order valence-electron chi connectivity index (χ2n) is 2.75. The van der Waals surface area contributed by atoms with Gasteiger partial charge in [-0.2, -0.15) is 0 Å². The Hall–Kier alpha value is -1.51. The van der Waals surface area contributed by atoms with Crippen LogP contribution in [0.25, 0.3) is 0 Å². The van der Waals surface area contributed by atoms with Crippen LogP contribution in [-0.2, 0) is 9.63 Å². The summed E-state index contributed by atoms with van der Waals surface area (Å²) in [5, 5.41) is 8.59. The highest BCUT2D eigenvalue weighted by Crippen LogP contribution is 2.23. The summed E-state index contributed by atoms with van der Waals surface area (Å²) in [5.74, 6) is -0.332. The average molecular weight is 235 g/mol. The van der Waals surface area contributed by atoms with Gasteiger partial charge in [0, 0.05) is 12.3 Å². The van der Waals surface area contributed by atoms with Gasteiger partial charge in [-0.1, -0.05) is 11.8 Å². The van der Waals surface area contributed by atoms with E-state index in [0.29, 0.717) is 0 Å². The maximum absolute atomic E-state index is 11.2. The standard InChI is InChI=1S/C6H9N3O5S/c7-5(10)4-3-15-6(11)8(4)1-2-14-9(12)13/h4H,1-3H2,(H2,7,10)/t4-/m1/s1. The first-order chi connectivity index (χ1) is 7.02. The first kappa shape index (κ1) is 11.6. The number of carbonyl (C=O) groups excluding carboxylic acids is 2. The smallest absolute Gasteiger partial charge is 0.294 e. The average Bonchev–Trinajstić information content (AvgIpc) is 2.47. The summed E-state index contributed by atoms with van der Waals surface area (Å²) in [6.07, 6.45) is 0. The third-order valence-electron chi connectivity index (χ3n) is 1.83. The van der Waals surface area contributed by atoms with Crippen molar-refractivity contribution in [1.82, 2.24) is 4.90 Å². The van der Waals surface area contributed by atoms with Crippen LogP contribution in [0, 0.1) is 10.1 Å². The second-order valence-corrected chi connectivity index (χ2v) is 3.72. The molecule has 9 heteroatoms. The van der Waals surface area contributed by atoms with Gasteiger partial charge in [0.25, 0.3) is 10.3 Å². The third kappa shape index (κ3) is 2.98. The van der Waals surface area contributed by atoms with Crippen molar-refractivity contribution in [3.8, 4) is 0 Å². The molecule has 0 aromatic carbocycles. The molecule has 0 aromatic heterocycles. The number of hydrogen-bond acceptors (Lipinski definition) is 6. The van der Waals surface area contributed by atoms with E-state index in [1.165, 1.54) is 4.90 Å². The van der Waals surface area contributed by atoms with E-state index in [1.54, 1.807) is 0 Å². The number of thioether (sulfide) groups is 1.